The van der Waals surface area contributed by atoms with Gasteiger partial charge in [-0.25, -0.2) is 9.38 Å². The maximum Gasteiger partial charge on any atom is 0.191 e. The third-order valence-corrected chi connectivity index (χ3v) is 4.87. The molecule has 0 amide bonds. The fourth-order valence-electron chi connectivity index (χ4n) is 2.58. The molecule has 0 aliphatic rings. The average Bonchev–Trinajstić information content (AvgIpc) is 3.17. The zero-order valence-electron chi connectivity index (χ0n) is 16.2. The second-order valence-corrected chi connectivity index (χ2v) is 7.55. The zero-order valence-corrected chi connectivity index (χ0v) is 17.0. The molecule has 0 saturated carbocycles. The minimum absolute atomic E-state index is 0.215. The van der Waals surface area contributed by atoms with Crippen molar-refractivity contribution in [3.63, 3.8) is 0 Å². The van der Waals surface area contributed by atoms with Gasteiger partial charge in [-0.2, -0.15) is 11.3 Å². The minimum atomic E-state index is -0.984. The molecule has 0 saturated heterocycles. The number of likely N-dealkylation sites (N-methyl/N-ethyl adjacent to an activating group) is 1. The summed E-state index contributed by atoms with van der Waals surface area (Å²) in [5.74, 6) is 0.469. The lowest BCUT2D eigenvalue weighted by molar-refractivity contribution is 0.0677. The van der Waals surface area contributed by atoms with E-state index in [9.17, 15) is 9.50 Å². The van der Waals surface area contributed by atoms with Crippen LogP contribution in [0, 0.1) is 5.82 Å². The van der Waals surface area contributed by atoms with Gasteiger partial charge in [-0.05, 0) is 61.0 Å². The molecule has 1 aromatic heterocycles. The number of thiophene rings is 1. The van der Waals surface area contributed by atoms with Crippen molar-refractivity contribution in [3.05, 3.63) is 58.0 Å². The molecule has 0 fully saturated rings. The predicted octanol–water partition coefficient (Wildman–Crippen LogP) is 2.78. The molecule has 2 aromatic rings. The molecule has 0 aliphatic carbocycles. The van der Waals surface area contributed by atoms with Crippen molar-refractivity contribution in [2.24, 2.45) is 4.99 Å². The van der Waals surface area contributed by atoms with Gasteiger partial charge in [0.1, 0.15) is 11.4 Å². The van der Waals surface area contributed by atoms with Gasteiger partial charge in [0.2, 0.25) is 0 Å². The number of nitrogens with zero attached hydrogens (tertiary/aromatic N) is 2. The molecule has 3 N–H and O–H groups in total. The molecule has 0 bridgehead atoms. The zero-order chi connectivity index (χ0) is 19.7. The van der Waals surface area contributed by atoms with Gasteiger partial charge < -0.3 is 20.6 Å². The summed E-state index contributed by atoms with van der Waals surface area (Å²) in [5, 5.41) is 21.0. The lowest BCUT2D eigenvalue weighted by Crippen LogP contribution is -2.41. The van der Waals surface area contributed by atoms with Gasteiger partial charge in [0.05, 0.1) is 6.54 Å². The van der Waals surface area contributed by atoms with E-state index in [0.717, 1.165) is 30.8 Å². The van der Waals surface area contributed by atoms with Gasteiger partial charge in [0.25, 0.3) is 0 Å². The molecule has 1 atom stereocenters. The summed E-state index contributed by atoms with van der Waals surface area (Å²) < 4.78 is 13.0. The predicted molar refractivity (Wildman–Crippen MR) is 111 cm³/mol. The smallest absolute Gasteiger partial charge is 0.191 e. The monoisotopic (exact) mass is 392 g/mol. The minimum Gasteiger partial charge on any atom is -0.383 e. The highest BCUT2D eigenvalue weighted by Crippen LogP contribution is 2.23. The molecular formula is C20H29FN4OS. The van der Waals surface area contributed by atoms with Crippen molar-refractivity contribution in [1.29, 1.82) is 0 Å². The van der Waals surface area contributed by atoms with E-state index in [1.807, 2.05) is 30.8 Å². The molecule has 5 nitrogen and oxygen atoms in total. The number of aliphatic imine (C=N–C) groups is 1. The molecule has 1 aromatic carbocycles. The third kappa shape index (κ3) is 7.28. The number of rotatable bonds is 9. The quantitative estimate of drug-likeness (QED) is 0.454. The Bertz CT molecular complexity index is 701. The first-order chi connectivity index (χ1) is 12.9. The van der Waals surface area contributed by atoms with E-state index in [2.05, 4.69) is 20.5 Å². The topological polar surface area (TPSA) is 59.9 Å². The van der Waals surface area contributed by atoms with Crippen LogP contribution in [0.25, 0.3) is 0 Å². The van der Waals surface area contributed by atoms with Crippen LogP contribution in [0.15, 0.2) is 46.1 Å². The molecule has 0 aliphatic heterocycles. The maximum atomic E-state index is 13.0. The van der Waals surface area contributed by atoms with Crippen LogP contribution < -0.4 is 10.6 Å². The highest BCUT2D eigenvalue weighted by molar-refractivity contribution is 7.08. The Hall–Kier alpha value is -1.96. The van der Waals surface area contributed by atoms with Gasteiger partial charge in [-0.3, -0.25) is 0 Å². The summed E-state index contributed by atoms with van der Waals surface area (Å²) in [6.07, 6.45) is 0. The summed E-state index contributed by atoms with van der Waals surface area (Å²) in [7, 11) is 2.02. The first-order valence-electron chi connectivity index (χ1n) is 9.11. The number of aliphatic hydroxyl groups is 1. The summed E-state index contributed by atoms with van der Waals surface area (Å²) in [4.78, 5) is 6.68. The first kappa shape index (κ1) is 21.3. The van der Waals surface area contributed by atoms with Crippen LogP contribution in [0.1, 0.15) is 25.0 Å². The lowest BCUT2D eigenvalue weighted by Gasteiger charge is -2.22. The van der Waals surface area contributed by atoms with E-state index in [0.29, 0.717) is 12.5 Å². The van der Waals surface area contributed by atoms with Gasteiger partial charge in [0, 0.05) is 26.2 Å². The van der Waals surface area contributed by atoms with Crippen molar-refractivity contribution < 1.29 is 9.50 Å². The SMILES string of the molecule is CCNC(=NCC(C)(O)c1ccsc1)NCCN(C)Cc1ccc(F)cc1. The standard InChI is InChI=1S/C20H29FN4OS/c1-4-22-19(24-15-20(2,26)17-9-12-27-14-17)23-10-11-25(3)13-16-5-7-18(21)8-6-16/h5-9,12,14,26H,4,10-11,13,15H2,1-3H3,(H2,22,23,24). The van der Waals surface area contributed by atoms with E-state index < -0.39 is 5.60 Å². The Balaban J connectivity index is 1.82. The Morgan fingerprint density at radius 2 is 2.00 bits per heavy atom. The molecule has 2 rings (SSSR count). The maximum absolute atomic E-state index is 13.0. The molecule has 1 heterocycles. The molecular weight excluding hydrogens is 363 g/mol. The van der Waals surface area contributed by atoms with E-state index in [-0.39, 0.29) is 12.4 Å². The van der Waals surface area contributed by atoms with Crippen LogP contribution in [0.2, 0.25) is 0 Å². The molecule has 148 valence electrons. The van der Waals surface area contributed by atoms with Crippen LogP contribution in [-0.2, 0) is 12.1 Å². The molecule has 0 radical (unpaired) electrons. The van der Waals surface area contributed by atoms with Crippen molar-refractivity contribution in [2.45, 2.75) is 26.0 Å². The first-order valence-corrected chi connectivity index (χ1v) is 10.0. The van der Waals surface area contributed by atoms with Crippen molar-refractivity contribution >= 4 is 17.3 Å². The molecule has 1 unspecified atom stereocenters. The van der Waals surface area contributed by atoms with Gasteiger partial charge >= 0.3 is 0 Å². The Morgan fingerprint density at radius 3 is 2.63 bits per heavy atom. The number of hydrogen-bond donors (Lipinski definition) is 3. The second-order valence-electron chi connectivity index (χ2n) is 6.77. The van der Waals surface area contributed by atoms with Crippen LogP contribution in [0.4, 0.5) is 4.39 Å². The largest absolute Gasteiger partial charge is 0.383 e. The van der Waals surface area contributed by atoms with Gasteiger partial charge in [-0.15, -0.1) is 0 Å². The van der Waals surface area contributed by atoms with Crippen LogP contribution >= 0.6 is 11.3 Å². The molecule has 27 heavy (non-hydrogen) atoms. The number of nitrogens with one attached hydrogen (secondary N) is 2. The third-order valence-electron chi connectivity index (χ3n) is 4.18. The Labute approximate surface area is 164 Å². The van der Waals surface area contributed by atoms with E-state index >= 15 is 0 Å². The lowest BCUT2D eigenvalue weighted by atomic mass is 10.00. The highest BCUT2D eigenvalue weighted by Gasteiger charge is 2.23. The average molecular weight is 393 g/mol. The van der Waals surface area contributed by atoms with Crippen molar-refractivity contribution in [2.75, 3.05) is 33.2 Å². The van der Waals surface area contributed by atoms with E-state index in [4.69, 9.17) is 0 Å². The highest BCUT2D eigenvalue weighted by atomic mass is 32.1. The van der Waals surface area contributed by atoms with E-state index in [1.165, 1.54) is 12.1 Å². The van der Waals surface area contributed by atoms with Crippen molar-refractivity contribution in [1.82, 2.24) is 15.5 Å². The summed E-state index contributed by atoms with van der Waals surface area (Å²) in [6, 6.07) is 8.49. The Kier molecular flexibility index (Phi) is 8.22. The number of halogens is 1. The molecule has 0 spiro atoms. The number of hydrogen-bond acceptors (Lipinski definition) is 4. The van der Waals surface area contributed by atoms with Crippen LogP contribution in [-0.4, -0.2) is 49.2 Å². The van der Waals surface area contributed by atoms with E-state index in [1.54, 1.807) is 30.4 Å². The summed E-state index contributed by atoms with van der Waals surface area (Å²) >= 11 is 1.56. The second kappa shape index (κ2) is 10.4. The normalized spacial score (nSPS) is 14.2. The fourth-order valence-corrected chi connectivity index (χ4v) is 3.37. The van der Waals surface area contributed by atoms with Gasteiger partial charge in [-0.1, -0.05) is 12.1 Å². The van der Waals surface area contributed by atoms with Crippen molar-refractivity contribution in [3.8, 4) is 0 Å². The summed E-state index contributed by atoms with van der Waals surface area (Å²) in [6.45, 7) is 7.09. The number of guanidine groups is 1. The summed E-state index contributed by atoms with van der Waals surface area (Å²) in [5.41, 5.74) is 0.972. The number of benzene rings is 1. The van der Waals surface area contributed by atoms with Crippen LogP contribution in [0.5, 0.6) is 0 Å². The fraction of sp³-hybridized carbons (Fsp3) is 0.450. The Morgan fingerprint density at radius 1 is 1.26 bits per heavy atom. The molecule has 7 heteroatoms. The van der Waals surface area contributed by atoms with Gasteiger partial charge in [0.15, 0.2) is 5.96 Å². The van der Waals surface area contributed by atoms with Crippen LogP contribution in [0.3, 0.4) is 0 Å².